The molecule has 0 aliphatic carbocycles. The lowest BCUT2D eigenvalue weighted by atomic mass is 10.3. The normalized spacial score (nSPS) is 12.0. The Bertz CT molecular complexity index is 414. The van der Waals surface area contributed by atoms with Crippen molar-refractivity contribution >= 4 is 27.8 Å². The average molecular weight is 289 g/mol. The number of carbonyl (C=O) groups is 2. The molecule has 1 N–H and O–H groups in total. The highest BCUT2D eigenvalue weighted by atomic mass is 79.9. The summed E-state index contributed by atoms with van der Waals surface area (Å²) < 4.78 is 7.00. The predicted molar refractivity (Wildman–Crippen MR) is 62.1 cm³/mol. The molecular weight excluding hydrogens is 276 g/mol. The summed E-state index contributed by atoms with van der Waals surface area (Å²) in [6.45, 7) is 1.57. The first-order valence-electron chi connectivity index (χ1n) is 4.66. The van der Waals surface area contributed by atoms with E-state index in [-0.39, 0.29) is 5.91 Å². The Kier molecular flexibility index (Phi) is 4.12. The summed E-state index contributed by atoms with van der Waals surface area (Å²) >= 11 is 3.27. The number of methoxy groups -OCH3 is 1. The Hall–Kier alpha value is -1.30. The molecule has 0 saturated carbocycles. The second kappa shape index (κ2) is 5.16. The SMILES string of the molecule is COC(=O)[C@H](C)NC(=O)c1cc(Br)cn1C. The number of nitrogens with zero attached hydrogens (tertiary/aromatic N) is 1. The van der Waals surface area contributed by atoms with E-state index in [1.807, 2.05) is 0 Å². The second-order valence-electron chi connectivity index (χ2n) is 3.37. The third-order valence-corrected chi connectivity index (χ3v) is 2.54. The van der Waals surface area contributed by atoms with Crippen LogP contribution in [0.15, 0.2) is 16.7 Å². The van der Waals surface area contributed by atoms with Crippen molar-refractivity contribution in [3.63, 3.8) is 0 Å². The summed E-state index contributed by atoms with van der Waals surface area (Å²) in [5.41, 5.74) is 0.475. The predicted octanol–water partition coefficient (Wildman–Crippen LogP) is 1.08. The molecule has 0 saturated heterocycles. The molecule has 1 rings (SSSR count). The fourth-order valence-corrected chi connectivity index (χ4v) is 1.78. The molecule has 0 aliphatic heterocycles. The molecular formula is C10H13BrN2O3. The lowest BCUT2D eigenvalue weighted by Gasteiger charge is -2.11. The zero-order chi connectivity index (χ0) is 12.3. The Labute approximate surface area is 102 Å². The zero-order valence-electron chi connectivity index (χ0n) is 9.28. The van der Waals surface area contributed by atoms with Gasteiger partial charge >= 0.3 is 5.97 Å². The fraction of sp³-hybridized carbons (Fsp3) is 0.400. The van der Waals surface area contributed by atoms with Crippen LogP contribution in [-0.2, 0) is 16.6 Å². The maximum atomic E-state index is 11.7. The monoisotopic (exact) mass is 288 g/mol. The van der Waals surface area contributed by atoms with Gasteiger partial charge in [0, 0.05) is 17.7 Å². The van der Waals surface area contributed by atoms with E-state index in [9.17, 15) is 9.59 Å². The van der Waals surface area contributed by atoms with E-state index in [1.54, 1.807) is 30.8 Å². The van der Waals surface area contributed by atoms with Gasteiger partial charge in [-0.05, 0) is 28.9 Å². The van der Waals surface area contributed by atoms with Crippen LogP contribution in [0.2, 0.25) is 0 Å². The molecule has 6 heteroatoms. The van der Waals surface area contributed by atoms with Crippen molar-refractivity contribution in [2.24, 2.45) is 7.05 Å². The van der Waals surface area contributed by atoms with Crippen molar-refractivity contribution < 1.29 is 14.3 Å². The molecule has 0 fully saturated rings. The van der Waals surface area contributed by atoms with Gasteiger partial charge < -0.3 is 14.6 Å². The zero-order valence-corrected chi connectivity index (χ0v) is 10.9. The molecule has 0 radical (unpaired) electrons. The van der Waals surface area contributed by atoms with Gasteiger partial charge in [0.25, 0.3) is 5.91 Å². The van der Waals surface area contributed by atoms with Crippen LogP contribution in [0.5, 0.6) is 0 Å². The van der Waals surface area contributed by atoms with Crippen molar-refractivity contribution in [2.75, 3.05) is 7.11 Å². The first-order chi connectivity index (χ1) is 7.45. The number of hydrogen-bond acceptors (Lipinski definition) is 3. The molecule has 0 aliphatic rings. The number of aryl methyl sites for hydroxylation is 1. The quantitative estimate of drug-likeness (QED) is 0.847. The minimum absolute atomic E-state index is 0.314. The standard InChI is InChI=1S/C10H13BrN2O3/c1-6(10(15)16-3)12-9(14)8-4-7(11)5-13(8)2/h4-6H,1-3H3,(H,12,14)/t6-/m0/s1. The summed E-state index contributed by atoms with van der Waals surface area (Å²) in [5, 5.41) is 2.55. The lowest BCUT2D eigenvalue weighted by Crippen LogP contribution is -2.39. The van der Waals surface area contributed by atoms with Crippen LogP contribution in [0, 0.1) is 0 Å². The average Bonchev–Trinajstić information content (AvgIpc) is 2.56. The number of carbonyl (C=O) groups excluding carboxylic acids is 2. The Morgan fingerprint density at radius 3 is 2.62 bits per heavy atom. The number of ether oxygens (including phenoxy) is 1. The van der Waals surface area contributed by atoms with Gasteiger partial charge in [-0.25, -0.2) is 4.79 Å². The van der Waals surface area contributed by atoms with Crippen molar-refractivity contribution in [2.45, 2.75) is 13.0 Å². The molecule has 1 heterocycles. The molecule has 1 aromatic rings. The van der Waals surface area contributed by atoms with E-state index in [4.69, 9.17) is 0 Å². The molecule has 0 spiro atoms. The summed E-state index contributed by atoms with van der Waals surface area (Å²) in [5.74, 6) is -0.785. The van der Waals surface area contributed by atoms with Crippen molar-refractivity contribution in [1.29, 1.82) is 0 Å². The van der Waals surface area contributed by atoms with Crippen LogP contribution in [0.4, 0.5) is 0 Å². The minimum atomic E-state index is -0.661. The molecule has 0 aromatic carbocycles. The highest BCUT2D eigenvalue weighted by Crippen LogP contribution is 2.13. The number of rotatable bonds is 3. The Balaban J connectivity index is 2.73. The molecule has 1 aromatic heterocycles. The summed E-state index contributed by atoms with van der Waals surface area (Å²) in [7, 11) is 3.03. The number of amides is 1. The third kappa shape index (κ3) is 2.85. The number of esters is 1. The van der Waals surface area contributed by atoms with Crippen molar-refractivity contribution in [1.82, 2.24) is 9.88 Å². The van der Waals surface area contributed by atoms with E-state index in [0.717, 1.165) is 4.47 Å². The van der Waals surface area contributed by atoms with Crippen LogP contribution in [0.1, 0.15) is 17.4 Å². The van der Waals surface area contributed by atoms with Gasteiger partial charge in [0.1, 0.15) is 11.7 Å². The van der Waals surface area contributed by atoms with Crippen LogP contribution in [0.3, 0.4) is 0 Å². The summed E-state index contributed by atoms with van der Waals surface area (Å²) in [4.78, 5) is 22.9. The van der Waals surface area contributed by atoms with Crippen LogP contribution < -0.4 is 5.32 Å². The molecule has 88 valence electrons. The van der Waals surface area contributed by atoms with Gasteiger partial charge in [-0.15, -0.1) is 0 Å². The number of halogens is 1. The van der Waals surface area contributed by atoms with Gasteiger partial charge in [-0.1, -0.05) is 0 Å². The first-order valence-corrected chi connectivity index (χ1v) is 5.45. The van der Waals surface area contributed by atoms with E-state index in [1.165, 1.54) is 7.11 Å². The topological polar surface area (TPSA) is 60.3 Å². The van der Waals surface area contributed by atoms with Gasteiger partial charge in [-0.2, -0.15) is 0 Å². The molecule has 16 heavy (non-hydrogen) atoms. The lowest BCUT2D eigenvalue weighted by molar-refractivity contribution is -0.142. The fourth-order valence-electron chi connectivity index (χ4n) is 1.26. The number of hydrogen-bond donors (Lipinski definition) is 1. The van der Waals surface area contributed by atoms with Crippen LogP contribution >= 0.6 is 15.9 Å². The molecule has 0 unspecified atom stereocenters. The molecule has 5 nitrogen and oxygen atoms in total. The van der Waals surface area contributed by atoms with Gasteiger partial charge in [0.05, 0.1) is 7.11 Å². The minimum Gasteiger partial charge on any atom is -0.467 e. The highest BCUT2D eigenvalue weighted by molar-refractivity contribution is 9.10. The van der Waals surface area contributed by atoms with Crippen molar-refractivity contribution in [3.05, 3.63) is 22.4 Å². The highest BCUT2D eigenvalue weighted by Gasteiger charge is 2.18. The maximum Gasteiger partial charge on any atom is 0.328 e. The van der Waals surface area contributed by atoms with E-state index < -0.39 is 12.0 Å². The summed E-state index contributed by atoms with van der Waals surface area (Å²) in [6.07, 6.45) is 1.76. The summed E-state index contributed by atoms with van der Waals surface area (Å²) in [6, 6.07) is 1.02. The van der Waals surface area contributed by atoms with E-state index >= 15 is 0 Å². The van der Waals surface area contributed by atoms with Crippen molar-refractivity contribution in [3.8, 4) is 0 Å². The van der Waals surface area contributed by atoms with E-state index in [2.05, 4.69) is 26.0 Å². The Morgan fingerprint density at radius 2 is 2.19 bits per heavy atom. The number of nitrogens with one attached hydrogen (secondary N) is 1. The second-order valence-corrected chi connectivity index (χ2v) is 4.29. The van der Waals surface area contributed by atoms with Crippen LogP contribution in [-0.4, -0.2) is 29.6 Å². The number of aromatic nitrogens is 1. The first kappa shape index (κ1) is 12.8. The Morgan fingerprint density at radius 1 is 1.56 bits per heavy atom. The third-order valence-electron chi connectivity index (χ3n) is 2.11. The van der Waals surface area contributed by atoms with Gasteiger partial charge in [0.15, 0.2) is 0 Å². The smallest absolute Gasteiger partial charge is 0.328 e. The van der Waals surface area contributed by atoms with E-state index in [0.29, 0.717) is 5.69 Å². The maximum absolute atomic E-state index is 11.7. The largest absolute Gasteiger partial charge is 0.467 e. The molecule has 1 amide bonds. The molecule has 1 atom stereocenters. The van der Waals surface area contributed by atoms with Gasteiger partial charge in [0.2, 0.25) is 0 Å². The van der Waals surface area contributed by atoms with Gasteiger partial charge in [-0.3, -0.25) is 4.79 Å². The van der Waals surface area contributed by atoms with Crippen LogP contribution in [0.25, 0.3) is 0 Å². The molecule has 0 bridgehead atoms.